The Labute approximate surface area is 120 Å². The molecule has 1 fully saturated rings. The van der Waals surface area contributed by atoms with Gasteiger partial charge in [-0.05, 0) is 27.2 Å². The van der Waals surface area contributed by atoms with Gasteiger partial charge >= 0.3 is 6.09 Å². The van der Waals surface area contributed by atoms with Crippen LogP contribution in [0.4, 0.5) is 4.79 Å². The minimum Gasteiger partial charge on any atom is -1.00 e. The number of hydrogen-bond donors (Lipinski definition) is 1. The highest BCUT2D eigenvalue weighted by atomic mass is 127. The van der Waals surface area contributed by atoms with Gasteiger partial charge in [0.15, 0.2) is 12.3 Å². The van der Waals surface area contributed by atoms with Gasteiger partial charge in [-0.2, -0.15) is 4.79 Å². The Morgan fingerprint density at radius 1 is 1.35 bits per heavy atom. The Balaban J connectivity index is 0.00000256. The van der Waals surface area contributed by atoms with Crippen LogP contribution in [-0.4, -0.2) is 30.6 Å². The van der Waals surface area contributed by atoms with Crippen LogP contribution in [0.2, 0.25) is 0 Å². The molecule has 17 heavy (non-hydrogen) atoms. The molecule has 5 heteroatoms. The van der Waals surface area contributed by atoms with Crippen LogP contribution in [0, 0.1) is 5.92 Å². The topological polar surface area (TPSA) is 47.8 Å². The van der Waals surface area contributed by atoms with Crippen molar-refractivity contribution >= 4 is 12.4 Å². The molecule has 0 radical (unpaired) electrons. The van der Waals surface area contributed by atoms with E-state index >= 15 is 0 Å². The van der Waals surface area contributed by atoms with Crippen LogP contribution >= 0.6 is 0 Å². The second kappa shape index (κ2) is 6.68. The van der Waals surface area contributed by atoms with E-state index in [0.717, 1.165) is 19.1 Å². The quantitative estimate of drug-likeness (QED) is 0.430. The van der Waals surface area contributed by atoms with E-state index in [2.05, 4.69) is 6.92 Å². The highest BCUT2D eigenvalue weighted by Gasteiger charge is 2.37. The average Bonchev–Trinajstić information content (AvgIpc) is 2.15. The van der Waals surface area contributed by atoms with E-state index in [0.29, 0.717) is 17.4 Å². The van der Waals surface area contributed by atoms with Crippen LogP contribution in [0.1, 0.15) is 40.5 Å². The number of alkyl carbamates (subject to hydrolysis) is 2. The number of hydrogen-bond acceptors (Lipinski definition) is 3. The summed E-state index contributed by atoms with van der Waals surface area (Å²) >= 11 is 0. The molecule has 0 bridgehead atoms. The predicted octanol–water partition coefficient (Wildman–Crippen LogP) is -2.19. The van der Waals surface area contributed by atoms with Gasteiger partial charge < -0.3 is 28.7 Å². The van der Waals surface area contributed by atoms with Crippen molar-refractivity contribution < 1.29 is 43.2 Å². The molecule has 1 aliphatic rings. The first-order valence-electron chi connectivity index (χ1n) is 5.88. The Morgan fingerprint density at radius 3 is 2.41 bits per heavy atom. The molecule has 3 atom stereocenters. The molecule has 0 aromatic carbocycles. The Hall–Kier alpha value is -0.170. The van der Waals surface area contributed by atoms with E-state index in [1.807, 2.05) is 20.8 Å². The van der Waals surface area contributed by atoms with Gasteiger partial charge in [0.2, 0.25) is 0 Å². The minimum atomic E-state index is -0.488. The van der Waals surface area contributed by atoms with Gasteiger partial charge in [-0.25, -0.2) is 4.90 Å². The van der Waals surface area contributed by atoms with E-state index in [-0.39, 0.29) is 36.1 Å². The normalized spacial score (nSPS) is 29.1. The highest BCUT2D eigenvalue weighted by molar-refractivity contribution is 5.63. The first-order chi connectivity index (χ1) is 7.33. The third kappa shape index (κ3) is 5.33. The lowest BCUT2D eigenvalue weighted by Crippen LogP contribution is -3.20. The number of halogens is 1. The van der Waals surface area contributed by atoms with Crippen LogP contribution < -0.4 is 28.9 Å². The fraction of sp³-hybridized carbons (Fsp3) is 0.833. The monoisotopic (exact) mass is 355 g/mol. The van der Waals surface area contributed by atoms with Gasteiger partial charge in [0.25, 0.3) is 0 Å². The van der Waals surface area contributed by atoms with E-state index in [1.165, 1.54) is 0 Å². The van der Waals surface area contributed by atoms with E-state index in [1.54, 1.807) is 0 Å². The van der Waals surface area contributed by atoms with Gasteiger partial charge in [-0.3, -0.25) is 4.79 Å². The summed E-state index contributed by atoms with van der Waals surface area (Å²) in [7, 11) is 0. The highest BCUT2D eigenvalue weighted by Crippen LogP contribution is 2.11. The fourth-order valence-corrected chi connectivity index (χ4v) is 2.00. The number of carbonyl (C=O) groups excluding carboxylic acids is 2. The maximum absolute atomic E-state index is 11.9. The lowest BCUT2D eigenvalue weighted by atomic mass is 9.95. The van der Waals surface area contributed by atoms with Crippen molar-refractivity contribution in [1.29, 1.82) is 0 Å². The Morgan fingerprint density at radius 2 is 1.94 bits per heavy atom. The average molecular weight is 355 g/mol. The second-order valence-corrected chi connectivity index (χ2v) is 5.66. The summed E-state index contributed by atoms with van der Waals surface area (Å²) in [4.78, 5) is 23.5. The van der Waals surface area contributed by atoms with Crippen molar-refractivity contribution in [2.75, 3.05) is 6.54 Å². The number of ether oxygens (including phenoxy) is 1. The third-order valence-electron chi connectivity index (χ3n) is 2.81. The van der Waals surface area contributed by atoms with E-state index < -0.39 is 5.60 Å². The number of likely N-dealkylation sites (tertiary alicyclic amines) is 1. The zero-order chi connectivity index (χ0) is 12.3. The van der Waals surface area contributed by atoms with Crippen LogP contribution in [-0.2, 0) is 9.53 Å². The van der Waals surface area contributed by atoms with Crippen molar-refractivity contribution in [1.82, 2.24) is 0 Å². The molecular formula is C12H22INO3. The number of nitrogens with one attached hydrogen (secondary N) is 1. The molecule has 1 heterocycles. The molecular weight excluding hydrogens is 333 g/mol. The number of quaternary nitrogens is 1. The van der Waals surface area contributed by atoms with Gasteiger partial charge in [-0.1, -0.05) is 6.92 Å². The zero-order valence-electron chi connectivity index (χ0n) is 11.0. The SMILES string of the molecule is C[C@H]1CC[C@@H](C=O)[NH+](C(=O)OC(C)(C)C)C1.[I-]. The van der Waals surface area contributed by atoms with Crippen molar-refractivity contribution in [2.24, 2.45) is 5.92 Å². The summed E-state index contributed by atoms with van der Waals surface area (Å²) in [5.41, 5.74) is -0.488. The van der Waals surface area contributed by atoms with Crippen molar-refractivity contribution in [3.8, 4) is 0 Å². The molecule has 1 aliphatic heterocycles. The maximum atomic E-state index is 11.9. The molecule has 1 amide bonds. The zero-order valence-corrected chi connectivity index (χ0v) is 13.1. The van der Waals surface area contributed by atoms with Crippen molar-refractivity contribution in [3.63, 3.8) is 0 Å². The molecule has 0 aromatic heterocycles. The molecule has 100 valence electrons. The molecule has 0 aliphatic carbocycles. The third-order valence-corrected chi connectivity index (χ3v) is 2.81. The summed E-state index contributed by atoms with van der Waals surface area (Å²) in [6.07, 6.45) is 2.37. The fourth-order valence-electron chi connectivity index (χ4n) is 2.00. The lowest BCUT2D eigenvalue weighted by molar-refractivity contribution is -0.851. The first kappa shape index (κ1) is 16.8. The van der Waals surface area contributed by atoms with Crippen LogP contribution in [0.3, 0.4) is 0 Å². The van der Waals surface area contributed by atoms with Gasteiger partial charge in [0, 0.05) is 12.3 Å². The van der Waals surface area contributed by atoms with E-state index in [9.17, 15) is 9.59 Å². The number of amides is 1. The van der Waals surface area contributed by atoms with Crippen LogP contribution in [0.15, 0.2) is 0 Å². The molecule has 0 saturated carbocycles. The smallest absolute Gasteiger partial charge is 0.515 e. The van der Waals surface area contributed by atoms with Crippen LogP contribution in [0.5, 0.6) is 0 Å². The van der Waals surface area contributed by atoms with Crippen molar-refractivity contribution in [3.05, 3.63) is 0 Å². The lowest BCUT2D eigenvalue weighted by Gasteiger charge is -2.31. The summed E-state index contributed by atoms with van der Waals surface area (Å²) in [6.45, 7) is 8.32. The van der Waals surface area contributed by atoms with E-state index in [4.69, 9.17) is 4.74 Å². The number of carbonyl (C=O) groups is 2. The van der Waals surface area contributed by atoms with Gasteiger partial charge in [-0.15, -0.1) is 0 Å². The second-order valence-electron chi connectivity index (χ2n) is 5.66. The Kier molecular flexibility index (Phi) is 6.61. The van der Waals surface area contributed by atoms with Crippen molar-refractivity contribution in [2.45, 2.75) is 52.2 Å². The first-order valence-corrected chi connectivity index (χ1v) is 5.88. The number of rotatable bonds is 1. The maximum Gasteiger partial charge on any atom is 0.515 e. The number of aldehydes is 1. The summed E-state index contributed by atoms with van der Waals surface area (Å²) in [6, 6.07) is -0.231. The molecule has 0 aromatic rings. The Bertz CT molecular complexity index is 275. The largest absolute Gasteiger partial charge is 1.00 e. The predicted molar refractivity (Wildman–Crippen MR) is 60.3 cm³/mol. The standard InChI is InChI=1S/C12H21NO3.HI/c1-9-5-6-10(8-14)13(7-9)11(15)16-12(2,3)4;/h8-10H,5-7H2,1-4H3;1H/t9-,10-;/m0./s1. The number of piperidine rings is 1. The minimum absolute atomic E-state index is 0. The molecule has 1 unspecified atom stereocenters. The van der Waals surface area contributed by atoms with Gasteiger partial charge in [0.05, 0.1) is 6.54 Å². The molecule has 4 nitrogen and oxygen atoms in total. The molecule has 1 rings (SSSR count). The molecule has 0 spiro atoms. The molecule has 1 N–H and O–H groups in total. The van der Waals surface area contributed by atoms with Crippen LogP contribution in [0.25, 0.3) is 0 Å². The summed E-state index contributed by atoms with van der Waals surface area (Å²) in [5, 5.41) is 0. The summed E-state index contributed by atoms with van der Waals surface area (Å²) < 4.78 is 5.32. The molecule has 1 saturated heterocycles. The van der Waals surface area contributed by atoms with Gasteiger partial charge in [0.1, 0.15) is 5.60 Å². The summed E-state index contributed by atoms with van der Waals surface area (Å²) in [5.74, 6) is 0.471.